The van der Waals surface area contributed by atoms with Gasteiger partial charge in [-0.2, -0.15) is 4.98 Å². The highest BCUT2D eigenvalue weighted by molar-refractivity contribution is 9.10. The second-order valence-corrected chi connectivity index (χ2v) is 5.78. The van der Waals surface area contributed by atoms with Crippen LogP contribution in [0.5, 0.6) is 11.6 Å². The van der Waals surface area contributed by atoms with Crippen LogP contribution in [0.4, 0.5) is 0 Å². The number of hydrogen-bond donors (Lipinski definition) is 0. The largest absolute Gasteiger partial charge is 0.437 e. The molecule has 0 aliphatic carbocycles. The molecule has 0 spiro atoms. The van der Waals surface area contributed by atoms with Crippen molar-refractivity contribution in [1.82, 2.24) is 9.38 Å². The van der Waals surface area contributed by atoms with Gasteiger partial charge in [0.25, 0.3) is 0 Å². The Hall–Kier alpha value is -1.66. The molecule has 19 heavy (non-hydrogen) atoms. The summed E-state index contributed by atoms with van der Waals surface area (Å²) in [7, 11) is 0. The summed E-state index contributed by atoms with van der Waals surface area (Å²) in [5.74, 6) is 1.02. The fourth-order valence-electron chi connectivity index (χ4n) is 1.75. The van der Waals surface area contributed by atoms with Gasteiger partial charge in [0.1, 0.15) is 5.75 Å². The van der Waals surface area contributed by atoms with Gasteiger partial charge in [0.15, 0.2) is 16.9 Å². The molecule has 0 aliphatic rings. The van der Waals surface area contributed by atoms with Gasteiger partial charge in [0, 0.05) is 16.0 Å². The van der Waals surface area contributed by atoms with Gasteiger partial charge >= 0.3 is 0 Å². The van der Waals surface area contributed by atoms with Gasteiger partial charge in [-0.05, 0) is 24.6 Å². The summed E-state index contributed by atoms with van der Waals surface area (Å²) >= 11 is 4.86. The van der Waals surface area contributed by atoms with Crippen LogP contribution in [-0.2, 0) is 0 Å². The van der Waals surface area contributed by atoms with E-state index in [1.807, 2.05) is 30.5 Å². The van der Waals surface area contributed by atoms with Crippen molar-refractivity contribution in [3.8, 4) is 11.6 Å². The Labute approximate surface area is 121 Å². The fraction of sp³-hybridized carbons (Fsp3) is 0.0769. The van der Waals surface area contributed by atoms with Crippen LogP contribution >= 0.6 is 27.3 Å². The van der Waals surface area contributed by atoms with E-state index in [2.05, 4.69) is 20.9 Å². The molecule has 0 fully saturated rings. The van der Waals surface area contributed by atoms with Crippen LogP contribution in [0.15, 0.2) is 34.2 Å². The summed E-state index contributed by atoms with van der Waals surface area (Å²) in [6, 6.07) is 5.74. The van der Waals surface area contributed by atoms with E-state index in [-0.39, 0.29) is 0 Å². The average Bonchev–Trinajstić information content (AvgIpc) is 2.94. The van der Waals surface area contributed by atoms with Gasteiger partial charge in [0.2, 0.25) is 5.88 Å². The topological polar surface area (TPSA) is 43.6 Å². The maximum atomic E-state index is 11.2. The van der Waals surface area contributed by atoms with Gasteiger partial charge in [0.05, 0.1) is 0 Å². The molecule has 0 radical (unpaired) electrons. The van der Waals surface area contributed by atoms with E-state index in [1.54, 1.807) is 10.6 Å². The van der Waals surface area contributed by atoms with Gasteiger partial charge in [-0.25, -0.2) is 0 Å². The molecule has 2 heterocycles. The molecular formula is C13H9BrN2O2S. The Morgan fingerprint density at radius 1 is 1.47 bits per heavy atom. The third-order valence-corrected chi connectivity index (χ3v) is 3.98. The number of benzene rings is 1. The maximum absolute atomic E-state index is 11.2. The Bertz CT molecular complexity index is 763. The highest BCUT2D eigenvalue weighted by atomic mass is 79.9. The van der Waals surface area contributed by atoms with Crippen molar-refractivity contribution in [3.63, 3.8) is 0 Å². The SMILES string of the molecule is Cc1ccc(Br)cc1Oc1nc2sccn2c1C=O. The predicted molar refractivity (Wildman–Crippen MR) is 77.4 cm³/mol. The lowest BCUT2D eigenvalue weighted by molar-refractivity contribution is 0.111. The van der Waals surface area contributed by atoms with Crippen molar-refractivity contribution in [2.24, 2.45) is 0 Å². The highest BCUT2D eigenvalue weighted by Crippen LogP contribution is 2.30. The predicted octanol–water partition coefficient (Wildman–Crippen LogP) is 4.07. The van der Waals surface area contributed by atoms with E-state index < -0.39 is 0 Å². The van der Waals surface area contributed by atoms with Crippen molar-refractivity contribution < 1.29 is 9.53 Å². The smallest absolute Gasteiger partial charge is 0.250 e. The van der Waals surface area contributed by atoms with Crippen LogP contribution in [-0.4, -0.2) is 15.7 Å². The number of nitrogens with zero attached hydrogens (tertiary/aromatic N) is 2. The number of aldehydes is 1. The minimum Gasteiger partial charge on any atom is -0.437 e. The molecular weight excluding hydrogens is 328 g/mol. The van der Waals surface area contributed by atoms with Crippen LogP contribution in [0.2, 0.25) is 0 Å². The lowest BCUT2D eigenvalue weighted by atomic mass is 10.2. The van der Waals surface area contributed by atoms with E-state index in [9.17, 15) is 4.79 Å². The zero-order chi connectivity index (χ0) is 13.4. The van der Waals surface area contributed by atoms with Gasteiger partial charge in [-0.3, -0.25) is 9.20 Å². The molecule has 6 heteroatoms. The van der Waals surface area contributed by atoms with E-state index >= 15 is 0 Å². The second kappa shape index (κ2) is 4.79. The molecule has 0 atom stereocenters. The number of hydrogen-bond acceptors (Lipinski definition) is 4. The van der Waals surface area contributed by atoms with Crippen molar-refractivity contribution in [3.05, 3.63) is 45.5 Å². The van der Waals surface area contributed by atoms with E-state index in [4.69, 9.17) is 4.74 Å². The Kier molecular flexibility index (Phi) is 3.12. The van der Waals surface area contributed by atoms with Crippen LogP contribution in [0.3, 0.4) is 0 Å². The summed E-state index contributed by atoms with van der Waals surface area (Å²) in [6.45, 7) is 1.95. The zero-order valence-corrected chi connectivity index (χ0v) is 12.4. The number of fused-ring (bicyclic) bond motifs is 1. The number of rotatable bonds is 3. The molecule has 0 aliphatic heterocycles. The highest BCUT2D eigenvalue weighted by Gasteiger charge is 2.15. The number of halogens is 1. The van der Waals surface area contributed by atoms with Crippen LogP contribution in [0.25, 0.3) is 4.96 Å². The first-order valence-electron chi connectivity index (χ1n) is 5.54. The fourth-order valence-corrected chi connectivity index (χ4v) is 2.81. The third-order valence-electron chi connectivity index (χ3n) is 2.73. The normalized spacial score (nSPS) is 10.8. The summed E-state index contributed by atoms with van der Waals surface area (Å²) < 4.78 is 8.41. The van der Waals surface area contributed by atoms with Crippen LogP contribution in [0.1, 0.15) is 16.1 Å². The Morgan fingerprint density at radius 2 is 2.32 bits per heavy atom. The first-order valence-corrected chi connectivity index (χ1v) is 7.21. The van der Waals surface area contributed by atoms with Crippen LogP contribution in [0, 0.1) is 6.92 Å². The Balaban J connectivity index is 2.07. The van der Waals surface area contributed by atoms with E-state index in [0.717, 1.165) is 21.3 Å². The number of thiazole rings is 1. The number of imidazole rings is 1. The van der Waals surface area contributed by atoms with Crippen molar-refractivity contribution in [1.29, 1.82) is 0 Å². The molecule has 3 aromatic rings. The summed E-state index contributed by atoms with van der Waals surface area (Å²) in [4.78, 5) is 16.3. The number of aromatic nitrogens is 2. The van der Waals surface area contributed by atoms with Crippen LogP contribution < -0.4 is 4.74 Å². The van der Waals surface area contributed by atoms with Crippen molar-refractivity contribution >= 4 is 38.5 Å². The monoisotopic (exact) mass is 336 g/mol. The Morgan fingerprint density at radius 3 is 3.11 bits per heavy atom. The number of carbonyl (C=O) groups is 1. The molecule has 0 bridgehead atoms. The number of aryl methyl sites for hydroxylation is 1. The van der Waals surface area contributed by atoms with E-state index in [1.165, 1.54) is 11.3 Å². The summed E-state index contributed by atoms with van der Waals surface area (Å²) in [5, 5.41) is 1.88. The minimum absolute atomic E-state index is 0.336. The van der Waals surface area contributed by atoms with Crippen molar-refractivity contribution in [2.75, 3.05) is 0 Å². The molecule has 2 aromatic heterocycles. The minimum atomic E-state index is 0.336. The molecule has 0 amide bonds. The first-order chi connectivity index (χ1) is 9.19. The van der Waals surface area contributed by atoms with Gasteiger partial charge in [-0.1, -0.05) is 22.0 Å². The first kappa shape index (κ1) is 12.4. The standard InChI is InChI=1S/C13H9BrN2O2S/c1-8-2-3-9(14)6-11(8)18-12-10(7-17)16-4-5-19-13(16)15-12/h2-7H,1H3. The molecule has 1 aromatic carbocycles. The summed E-state index contributed by atoms with van der Waals surface area (Å²) in [5.41, 5.74) is 1.41. The number of carbonyl (C=O) groups excluding carboxylic acids is 1. The quantitative estimate of drug-likeness (QED) is 0.677. The molecule has 4 nitrogen and oxygen atoms in total. The van der Waals surface area contributed by atoms with E-state index in [0.29, 0.717) is 17.3 Å². The molecule has 0 N–H and O–H groups in total. The molecule has 3 rings (SSSR count). The molecule has 96 valence electrons. The van der Waals surface area contributed by atoms with Gasteiger partial charge < -0.3 is 4.74 Å². The number of ether oxygens (including phenoxy) is 1. The van der Waals surface area contributed by atoms with Gasteiger partial charge in [-0.15, -0.1) is 11.3 Å². The summed E-state index contributed by atoms with van der Waals surface area (Å²) in [6.07, 6.45) is 2.56. The maximum Gasteiger partial charge on any atom is 0.250 e. The average molecular weight is 337 g/mol. The zero-order valence-electron chi connectivity index (χ0n) is 9.96. The lowest BCUT2D eigenvalue weighted by Crippen LogP contribution is -1.93. The lowest BCUT2D eigenvalue weighted by Gasteiger charge is -2.07. The van der Waals surface area contributed by atoms with Crippen molar-refractivity contribution in [2.45, 2.75) is 6.92 Å². The molecule has 0 unspecified atom stereocenters. The second-order valence-electron chi connectivity index (χ2n) is 3.99. The molecule has 0 saturated carbocycles. The third kappa shape index (κ3) is 2.17. The molecule has 0 saturated heterocycles.